The molecule has 0 saturated heterocycles. The fourth-order valence-corrected chi connectivity index (χ4v) is 2.72. The second-order valence-corrected chi connectivity index (χ2v) is 6.43. The Labute approximate surface area is 159 Å². The first-order valence-electron chi connectivity index (χ1n) is 8.63. The number of carbonyl (C=O) groups excluding carboxylic acids is 2. The van der Waals surface area contributed by atoms with Crippen molar-refractivity contribution in [3.05, 3.63) is 64.7 Å². The van der Waals surface area contributed by atoms with Gasteiger partial charge in [0.05, 0.1) is 13.1 Å². The quantitative estimate of drug-likeness (QED) is 0.664. The smallest absolute Gasteiger partial charge is 0.243 e. The molecule has 3 N–H and O–H groups in total. The SMILES string of the molecule is CCc1ccccc1NC(=O)CNC(=O)CN[C@H](C)c1cccc(Cl)c1. The number of rotatable bonds is 8. The summed E-state index contributed by atoms with van der Waals surface area (Å²) in [4.78, 5) is 24.0. The third kappa shape index (κ3) is 6.17. The van der Waals surface area contributed by atoms with Gasteiger partial charge in [-0.1, -0.05) is 48.9 Å². The van der Waals surface area contributed by atoms with E-state index in [0.29, 0.717) is 5.02 Å². The highest BCUT2D eigenvalue weighted by Crippen LogP contribution is 2.17. The first-order valence-corrected chi connectivity index (χ1v) is 9.00. The lowest BCUT2D eigenvalue weighted by atomic mass is 10.1. The van der Waals surface area contributed by atoms with Gasteiger partial charge in [-0.2, -0.15) is 0 Å². The molecule has 0 aliphatic heterocycles. The predicted molar refractivity (Wildman–Crippen MR) is 105 cm³/mol. The number of hydrogen-bond donors (Lipinski definition) is 3. The van der Waals surface area contributed by atoms with Crippen LogP contribution in [-0.4, -0.2) is 24.9 Å². The minimum absolute atomic E-state index is 0.0234. The van der Waals surface area contributed by atoms with E-state index < -0.39 is 0 Å². The van der Waals surface area contributed by atoms with E-state index in [1.807, 2.05) is 56.3 Å². The fraction of sp³-hybridized carbons (Fsp3) is 0.300. The summed E-state index contributed by atoms with van der Waals surface area (Å²) in [5, 5.41) is 9.22. The molecule has 0 spiro atoms. The monoisotopic (exact) mass is 373 g/mol. The molecule has 138 valence electrons. The summed E-state index contributed by atoms with van der Waals surface area (Å²) >= 11 is 5.97. The zero-order valence-corrected chi connectivity index (χ0v) is 15.8. The highest BCUT2D eigenvalue weighted by Gasteiger charge is 2.10. The molecule has 6 heteroatoms. The molecule has 1 atom stereocenters. The van der Waals surface area contributed by atoms with Gasteiger partial charge in [0.25, 0.3) is 0 Å². The number of aryl methyl sites for hydroxylation is 1. The van der Waals surface area contributed by atoms with Crippen molar-refractivity contribution in [3.63, 3.8) is 0 Å². The molecule has 5 nitrogen and oxygen atoms in total. The molecule has 0 saturated carbocycles. The van der Waals surface area contributed by atoms with Gasteiger partial charge in [-0.15, -0.1) is 0 Å². The summed E-state index contributed by atoms with van der Waals surface area (Å²) in [7, 11) is 0. The van der Waals surface area contributed by atoms with Crippen molar-refractivity contribution in [2.24, 2.45) is 0 Å². The second-order valence-electron chi connectivity index (χ2n) is 5.99. The number of para-hydroxylation sites is 1. The zero-order chi connectivity index (χ0) is 18.9. The van der Waals surface area contributed by atoms with Gasteiger partial charge in [0, 0.05) is 16.8 Å². The predicted octanol–water partition coefficient (Wildman–Crippen LogP) is 3.31. The third-order valence-corrected chi connectivity index (χ3v) is 4.27. The van der Waals surface area contributed by atoms with E-state index in [1.165, 1.54) is 0 Å². The van der Waals surface area contributed by atoms with E-state index in [4.69, 9.17) is 11.6 Å². The van der Waals surface area contributed by atoms with Gasteiger partial charge in [0.2, 0.25) is 11.8 Å². The Bertz CT molecular complexity index is 764. The van der Waals surface area contributed by atoms with Gasteiger partial charge in [-0.05, 0) is 42.7 Å². The Hall–Kier alpha value is -2.37. The van der Waals surface area contributed by atoms with Crippen molar-refractivity contribution in [3.8, 4) is 0 Å². The van der Waals surface area contributed by atoms with Crippen LogP contribution < -0.4 is 16.0 Å². The fourth-order valence-electron chi connectivity index (χ4n) is 2.53. The van der Waals surface area contributed by atoms with Gasteiger partial charge in [-0.25, -0.2) is 0 Å². The van der Waals surface area contributed by atoms with Crippen LogP contribution in [0.4, 0.5) is 5.69 Å². The van der Waals surface area contributed by atoms with Gasteiger partial charge in [-0.3, -0.25) is 9.59 Å². The lowest BCUT2D eigenvalue weighted by Crippen LogP contribution is -2.39. The van der Waals surface area contributed by atoms with Crippen LogP contribution in [0.1, 0.15) is 31.0 Å². The van der Waals surface area contributed by atoms with E-state index in [0.717, 1.165) is 23.2 Å². The maximum absolute atomic E-state index is 12.0. The number of hydrogen-bond acceptors (Lipinski definition) is 3. The van der Waals surface area contributed by atoms with Crippen LogP contribution in [0.3, 0.4) is 0 Å². The molecule has 0 bridgehead atoms. The van der Waals surface area contributed by atoms with Crippen LogP contribution >= 0.6 is 11.6 Å². The van der Waals surface area contributed by atoms with Crippen molar-refractivity contribution in [1.82, 2.24) is 10.6 Å². The number of amides is 2. The lowest BCUT2D eigenvalue weighted by molar-refractivity contribution is -0.123. The molecule has 0 unspecified atom stereocenters. The molecule has 0 aliphatic rings. The zero-order valence-electron chi connectivity index (χ0n) is 15.0. The number of anilines is 1. The molecule has 0 fully saturated rings. The van der Waals surface area contributed by atoms with Crippen LogP contribution in [0.2, 0.25) is 5.02 Å². The third-order valence-electron chi connectivity index (χ3n) is 4.04. The van der Waals surface area contributed by atoms with Crippen molar-refractivity contribution < 1.29 is 9.59 Å². The maximum atomic E-state index is 12.0. The number of benzene rings is 2. The number of nitrogens with one attached hydrogen (secondary N) is 3. The molecule has 26 heavy (non-hydrogen) atoms. The van der Waals surface area contributed by atoms with Crippen molar-refractivity contribution in [2.75, 3.05) is 18.4 Å². The summed E-state index contributed by atoms with van der Waals surface area (Å²) in [5.74, 6) is -0.486. The van der Waals surface area contributed by atoms with Crippen molar-refractivity contribution >= 4 is 29.1 Å². The van der Waals surface area contributed by atoms with Gasteiger partial charge in [0.1, 0.15) is 0 Å². The highest BCUT2D eigenvalue weighted by molar-refractivity contribution is 6.30. The molecule has 0 aliphatic carbocycles. The minimum atomic E-state index is -0.248. The second kappa shape index (κ2) is 9.94. The Morgan fingerprint density at radius 1 is 1.04 bits per heavy atom. The summed E-state index contributed by atoms with van der Waals surface area (Å²) in [5.41, 5.74) is 2.84. The van der Waals surface area contributed by atoms with Crippen molar-refractivity contribution in [1.29, 1.82) is 0 Å². The Morgan fingerprint density at radius 3 is 2.54 bits per heavy atom. The topological polar surface area (TPSA) is 70.2 Å². The largest absolute Gasteiger partial charge is 0.346 e. The van der Waals surface area contributed by atoms with Crippen LogP contribution in [0.5, 0.6) is 0 Å². The van der Waals surface area contributed by atoms with Gasteiger partial charge in [0.15, 0.2) is 0 Å². The number of carbonyl (C=O) groups is 2. The minimum Gasteiger partial charge on any atom is -0.346 e. The van der Waals surface area contributed by atoms with E-state index in [9.17, 15) is 9.59 Å². The number of halogens is 1. The highest BCUT2D eigenvalue weighted by atomic mass is 35.5. The van der Waals surface area contributed by atoms with Crippen LogP contribution in [0, 0.1) is 0 Å². The Balaban J connectivity index is 1.75. The molecule has 2 rings (SSSR count). The first-order chi connectivity index (χ1) is 12.5. The van der Waals surface area contributed by atoms with Crippen molar-refractivity contribution in [2.45, 2.75) is 26.3 Å². The molecular formula is C20H24ClN3O2. The van der Waals surface area contributed by atoms with Gasteiger partial charge < -0.3 is 16.0 Å². The Kier molecular flexibility index (Phi) is 7.63. The molecule has 0 radical (unpaired) electrons. The standard InChI is InChI=1S/C20H24ClN3O2/c1-3-15-7-4-5-10-18(15)24-20(26)13-23-19(25)12-22-14(2)16-8-6-9-17(21)11-16/h4-11,14,22H,3,12-13H2,1-2H3,(H,23,25)(H,24,26)/t14-/m1/s1. The Morgan fingerprint density at radius 2 is 1.81 bits per heavy atom. The molecule has 0 heterocycles. The van der Waals surface area contributed by atoms with E-state index in [1.54, 1.807) is 6.07 Å². The average molecular weight is 374 g/mol. The summed E-state index contributed by atoms with van der Waals surface area (Å²) in [6.07, 6.45) is 0.828. The summed E-state index contributed by atoms with van der Waals surface area (Å²) in [6, 6.07) is 15.1. The molecule has 2 aromatic rings. The van der Waals surface area contributed by atoms with Crippen LogP contribution in [0.25, 0.3) is 0 Å². The van der Waals surface area contributed by atoms with Crippen LogP contribution in [-0.2, 0) is 16.0 Å². The van der Waals surface area contributed by atoms with E-state index in [-0.39, 0.29) is 30.9 Å². The molecular weight excluding hydrogens is 350 g/mol. The lowest BCUT2D eigenvalue weighted by Gasteiger charge is -2.14. The summed E-state index contributed by atoms with van der Waals surface area (Å²) < 4.78 is 0. The van der Waals surface area contributed by atoms with E-state index >= 15 is 0 Å². The molecule has 0 aromatic heterocycles. The normalized spacial score (nSPS) is 11.7. The molecule has 2 amide bonds. The maximum Gasteiger partial charge on any atom is 0.243 e. The summed E-state index contributed by atoms with van der Waals surface area (Å²) in [6.45, 7) is 4.03. The average Bonchev–Trinajstić information content (AvgIpc) is 2.64. The van der Waals surface area contributed by atoms with E-state index in [2.05, 4.69) is 16.0 Å². The first kappa shape index (κ1) is 19.9. The van der Waals surface area contributed by atoms with Crippen LogP contribution in [0.15, 0.2) is 48.5 Å². The van der Waals surface area contributed by atoms with Gasteiger partial charge >= 0.3 is 0 Å². The molecule has 2 aromatic carbocycles.